The van der Waals surface area contributed by atoms with E-state index in [4.69, 9.17) is 14.8 Å². The molecule has 0 bridgehead atoms. The molecule has 18 heavy (non-hydrogen) atoms. The van der Waals surface area contributed by atoms with Gasteiger partial charge in [0.1, 0.15) is 5.82 Å². The van der Waals surface area contributed by atoms with E-state index in [1.165, 1.54) is 6.07 Å². The van der Waals surface area contributed by atoms with Gasteiger partial charge in [0.15, 0.2) is 0 Å². The van der Waals surface area contributed by atoms with Crippen molar-refractivity contribution in [2.75, 3.05) is 31.2 Å². The predicted molar refractivity (Wildman–Crippen MR) is 68.6 cm³/mol. The van der Waals surface area contributed by atoms with E-state index in [0.29, 0.717) is 38.4 Å². The molecule has 0 aliphatic carbocycles. The molecule has 1 aliphatic heterocycles. The molecular formula is C12H17BFNO3. The summed E-state index contributed by atoms with van der Waals surface area (Å²) in [6, 6.07) is 2.84. The molecule has 0 saturated carbocycles. The number of hydrogen-bond donors (Lipinski definition) is 2. The molecule has 2 rings (SSSR count). The van der Waals surface area contributed by atoms with E-state index in [9.17, 15) is 4.39 Å². The molecule has 1 saturated heterocycles. The molecule has 0 radical (unpaired) electrons. The highest BCUT2D eigenvalue weighted by atomic mass is 19.1. The topological polar surface area (TPSA) is 52.9 Å². The Balaban J connectivity index is 2.39. The monoisotopic (exact) mass is 253 g/mol. The largest absolute Gasteiger partial charge is 0.488 e. The molecule has 4 nitrogen and oxygen atoms in total. The average Bonchev–Trinajstić information content (AvgIpc) is 2.38. The van der Waals surface area contributed by atoms with E-state index in [2.05, 4.69) is 0 Å². The molecule has 0 spiro atoms. The Hall–Kier alpha value is -1.11. The second kappa shape index (κ2) is 5.69. The highest BCUT2D eigenvalue weighted by Crippen LogP contribution is 2.25. The number of halogens is 1. The third-order valence-electron chi connectivity index (χ3n) is 3.17. The first-order valence-corrected chi connectivity index (χ1v) is 6.14. The Morgan fingerprint density at radius 3 is 2.56 bits per heavy atom. The zero-order valence-corrected chi connectivity index (χ0v) is 10.4. The lowest BCUT2D eigenvalue weighted by atomic mass is 9.79. The van der Waals surface area contributed by atoms with Crippen LogP contribution in [0.4, 0.5) is 10.1 Å². The lowest BCUT2D eigenvalue weighted by Gasteiger charge is -2.31. The molecule has 1 heterocycles. The van der Waals surface area contributed by atoms with E-state index in [0.717, 1.165) is 5.56 Å². The number of aryl methyl sites for hydroxylation is 1. The highest BCUT2D eigenvalue weighted by Gasteiger charge is 2.22. The molecule has 1 aromatic carbocycles. The van der Waals surface area contributed by atoms with Crippen molar-refractivity contribution < 1.29 is 19.2 Å². The summed E-state index contributed by atoms with van der Waals surface area (Å²) in [5.41, 5.74) is 1.55. The molecule has 2 N–H and O–H groups in total. The Morgan fingerprint density at radius 1 is 1.33 bits per heavy atom. The van der Waals surface area contributed by atoms with Crippen molar-refractivity contribution in [1.82, 2.24) is 0 Å². The summed E-state index contributed by atoms with van der Waals surface area (Å²) >= 11 is 0. The van der Waals surface area contributed by atoms with Crippen LogP contribution in [0.1, 0.15) is 12.5 Å². The number of morpholine rings is 1. The van der Waals surface area contributed by atoms with Crippen LogP contribution in [0.15, 0.2) is 12.1 Å². The van der Waals surface area contributed by atoms with Crippen molar-refractivity contribution in [3.8, 4) is 0 Å². The summed E-state index contributed by atoms with van der Waals surface area (Å²) in [6.07, 6.45) is 0.643. The number of hydrogen-bond acceptors (Lipinski definition) is 4. The van der Waals surface area contributed by atoms with Crippen molar-refractivity contribution in [3.63, 3.8) is 0 Å². The van der Waals surface area contributed by atoms with Gasteiger partial charge >= 0.3 is 7.12 Å². The molecule has 98 valence electrons. The summed E-state index contributed by atoms with van der Waals surface area (Å²) in [4.78, 5) is 1.95. The third kappa shape index (κ3) is 2.66. The first-order valence-electron chi connectivity index (χ1n) is 6.14. The van der Waals surface area contributed by atoms with Crippen LogP contribution >= 0.6 is 0 Å². The quantitative estimate of drug-likeness (QED) is 0.739. The molecule has 1 fully saturated rings. The smallest absolute Gasteiger partial charge is 0.423 e. The van der Waals surface area contributed by atoms with Crippen LogP contribution in [-0.4, -0.2) is 43.5 Å². The first kappa shape index (κ1) is 13.3. The molecule has 0 unspecified atom stereocenters. The van der Waals surface area contributed by atoms with E-state index in [1.807, 2.05) is 11.8 Å². The number of anilines is 1. The fourth-order valence-corrected chi connectivity index (χ4v) is 2.24. The predicted octanol–water partition coefficient (Wildman–Crippen LogP) is -0.0955. The van der Waals surface area contributed by atoms with Crippen molar-refractivity contribution in [2.24, 2.45) is 0 Å². The van der Waals surface area contributed by atoms with Gasteiger partial charge in [-0.25, -0.2) is 4.39 Å². The summed E-state index contributed by atoms with van der Waals surface area (Å²) < 4.78 is 19.4. The van der Waals surface area contributed by atoms with Crippen LogP contribution in [0.3, 0.4) is 0 Å². The zero-order valence-electron chi connectivity index (χ0n) is 10.4. The van der Waals surface area contributed by atoms with E-state index < -0.39 is 12.9 Å². The fourth-order valence-electron chi connectivity index (χ4n) is 2.24. The Morgan fingerprint density at radius 2 is 2.00 bits per heavy atom. The van der Waals surface area contributed by atoms with E-state index >= 15 is 0 Å². The van der Waals surface area contributed by atoms with E-state index in [-0.39, 0.29) is 5.46 Å². The van der Waals surface area contributed by atoms with Gasteiger partial charge in [-0.3, -0.25) is 0 Å². The second-order valence-electron chi connectivity index (χ2n) is 4.34. The van der Waals surface area contributed by atoms with Crippen LogP contribution < -0.4 is 10.4 Å². The van der Waals surface area contributed by atoms with Gasteiger partial charge in [0, 0.05) is 13.1 Å². The molecular weight excluding hydrogens is 236 g/mol. The minimum Gasteiger partial charge on any atom is -0.423 e. The van der Waals surface area contributed by atoms with Crippen LogP contribution in [0.25, 0.3) is 0 Å². The summed E-state index contributed by atoms with van der Waals surface area (Å²) in [6.45, 7) is 4.42. The van der Waals surface area contributed by atoms with Crippen molar-refractivity contribution in [3.05, 3.63) is 23.5 Å². The standard InChI is InChI=1S/C12H17BFNO3/c1-2-9-7-10(13(16)17)8-11(14)12(9)15-3-5-18-6-4-15/h7-8,16-17H,2-6H2,1H3. The van der Waals surface area contributed by atoms with E-state index in [1.54, 1.807) is 6.07 Å². The lowest BCUT2D eigenvalue weighted by Crippen LogP contribution is -2.38. The third-order valence-corrected chi connectivity index (χ3v) is 3.17. The molecule has 6 heteroatoms. The maximum absolute atomic E-state index is 14.1. The maximum atomic E-state index is 14.1. The maximum Gasteiger partial charge on any atom is 0.488 e. The van der Waals surface area contributed by atoms with Crippen molar-refractivity contribution in [2.45, 2.75) is 13.3 Å². The van der Waals surface area contributed by atoms with Gasteiger partial charge in [0.25, 0.3) is 0 Å². The number of rotatable bonds is 3. The molecule has 1 aliphatic rings. The van der Waals surface area contributed by atoms with Crippen LogP contribution in [0.2, 0.25) is 0 Å². The van der Waals surface area contributed by atoms with Crippen LogP contribution in [0.5, 0.6) is 0 Å². The lowest BCUT2D eigenvalue weighted by molar-refractivity contribution is 0.122. The summed E-state index contributed by atoms with van der Waals surface area (Å²) in [7, 11) is -1.64. The Bertz CT molecular complexity index is 422. The van der Waals surface area contributed by atoms with Gasteiger partial charge < -0.3 is 19.7 Å². The Labute approximate surface area is 106 Å². The number of nitrogens with zero attached hydrogens (tertiary/aromatic N) is 1. The minimum atomic E-state index is -1.64. The second-order valence-corrected chi connectivity index (χ2v) is 4.34. The normalized spacial score (nSPS) is 15.9. The van der Waals surface area contributed by atoms with Crippen molar-refractivity contribution in [1.29, 1.82) is 0 Å². The molecule has 0 atom stereocenters. The fraction of sp³-hybridized carbons (Fsp3) is 0.500. The molecule has 1 aromatic rings. The van der Waals surface area contributed by atoms with Crippen LogP contribution in [0, 0.1) is 5.82 Å². The van der Waals surface area contributed by atoms with Gasteiger partial charge in [0.05, 0.1) is 18.9 Å². The average molecular weight is 253 g/mol. The van der Waals surface area contributed by atoms with Gasteiger partial charge in [-0.2, -0.15) is 0 Å². The molecule has 0 aromatic heterocycles. The number of benzene rings is 1. The number of ether oxygens (including phenoxy) is 1. The summed E-state index contributed by atoms with van der Waals surface area (Å²) in [5, 5.41) is 18.2. The van der Waals surface area contributed by atoms with Gasteiger partial charge in [-0.15, -0.1) is 0 Å². The van der Waals surface area contributed by atoms with Gasteiger partial charge in [0.2, 0.25) is 0 Å². The minimum absolute atomic E-state index is 0.196. The Kier molecular flexibility index (Phi) is 4.21. The zero-order chi connectivity index (χ0) is 13.1. The highest BCUT2D eigenvalue weighted by molar-refractivity contribution is 6.58. The van der Waals surface area contributed by atoms with Gasteiger partial charge in [-0.05, 0) is 23.5 Å². The van der Waals surface area contributed by atoms with Crippen LogP contribution in [-0.2, 0) is 11.2 Å². The summed E-state index contributed by atoms with van der Waals surface area (Å²) in [5.74, 6) is -0.403. The van der Waals surface area contributed by atoms with Gasteiger partial charge in [-0.1, -0.05) is 13.0 Å². The molecule has 0 amide bonds. The first-order chi connectivity index (χ1) is 8.63. The SMILES string of the molecule is CCc1cc(B(O)O)cc(F)c1N1CCOCC1. The van der Waals surface area contributed by atoms with Crippen molar-refractivity contribution >= 4 is 18.3 Å².